The van der Waals surface area contributed by atoms with Crippen LogP contribution in [0.3, 0.4) is 0 Å². The first-order valence-corrected chi connectivity index (χ1v) is 42.2. The van der Waals surface area contributed by atoms with Crippen LogP contribution in [0.4, 0.5) is 0 Å². The second-order valence-corrected chi connectivity index (χ2v) is 29.2. The molecule has 0 aliphatic carbocycles. The van der Waals surface area contributed by atoms with Crippen molar-refractivity contribution in [3.05, 3.63) is 0 Å². The Balaban J connectivity index is 0.000000653. The van der Waals surface area contributed by atoms with E-state index in [9.17, 15) is 47.9 Å². The first kappa shape index (κ1) is 95.7. The molecule has 0 aromatic heterocycles. The quantitative estimate of drug-likeness (QED) is 0.0313. The van der Waals surface area contributed by atoms with Crippen LogP contribution in [0, 0.1) is 29.6 Å². The van der Waals surface area contributed by atoms with Crippen molar-refractivity contribution in [2.75, 3.05) is 98.5 Å². The standard InChI is InChI=1S/C23H43NO3.C19H35NO3.C18H33NO3.C12H21NO3.C11H19NO3/c1-3-5-6-7-8-9-10-11-12-13-14-15-16-17-18-24-20-21(19-22(24)25)23(26)27-4-2;1-3-5-6-7-8-9-10-11-12-13-14-20-16-17(15-18(20)21)19(22)23-4-2;1-3-5-6-7-8-9-10-11-12-13-19-15-16(14-17(19)20)18(21)22-4-2;1-3-5-7-16-12(15)10-8-11(14)13(9-10)6-4-2;1-3-5-6-15-11(14)9-7-10(13)12(4-2)8-9/h21H,3-20H2,1-2H3;17H,3-16H2,1-2H3;16H,3-15H2,1-2H3;10H,3-9H2,1-2H3;9H,3-8H2,1-2H3. The molecule has 0 bridgehead atoms. The average molecular weight is 1460 g/mol. The minimum Gasteiger partial charge on any atom is -0.466 e. The molecule has 5 saturated heterocycles. The summed E-state index contributed by atoms with van der Waals surface area (Å²) in [5, 5.41) is 0. The monoisotopic (exact) mass is 1460 g/mol. The molecule has 598 valence electrons. The number of carbonyl (C=O) groups is 10. The fourth-order valence-electron chi connectivity index (χ4n) is 13.6. The second kappa shape index (κ2) is 63.9. The summed E-state index contributed by atoms with van der Waals surface area (Å²) in [5.41, 5.74) is 0. The molecule has 5 fully saturated rings. The summed E-state index contributed by atoms with van der Waals surface area (Å²) in [6.45, 7) is 28.9. The predicted octanol–water partition coefficient (Wildman–Crippen LogP) is 16.9. The molecule has 5 rings (SSSR count). The highest BCUT2D eigenvalue weighted by atomic mass is 16.5. The van der Waals surface area contributed by atoms with Crippen molar-refractivity contribution in [1.29, 1.82) is 0 Å². The number of unbranched alkanes of at least 4 members (excludes halogenated alkanes) is 32. The molecule has 103 heavy (non-hydrogen) atoms. The largest absolute Gasteiger partial charge is 0.466 e. The van der Waals surface area contributed by atoms with Crippen LogP contribution >= 0.6 is 0 Å². The molecule has 5 heterocycles. The Morgan fingerprint density at radius 1 is 0.243 bits per heavy atom. The number of esters is 5. The van der Waals surface area contributed by atoms with Gasteiger partial charge in [0, 0.05) is 97.6 Å². The minimum absolute atomic E-state index is 0.0648. The van der Waals surface area contributed by atoms with Crippen molar-refractivity contribution in [1.82, 2.24) is 24.5 Å². The van der Waals surface area contributed by atoms with Gasteiger partial charge in [-0.3, -0.25) is 47.9 Å². The number of amides is 5. The molecular weight excluding hydrogens is 1310 g/mol. The van der Waals surface area contributed by atoms with E-state index in [1.165, 1.54) is 193 Å². The maximum Gasteiger partial charge on any atom is 0.311 e. The fraction of sp³-hybridized carbons (Fsp3) is 0.880. The van der Waals surface area contributed by atoms with Crippen LogP contribution in [-0.4, -0.2) is 182 Å². The Hall–Kier alpha value is -5.30. The Morgan fingerprint density at radius 2 is 0.437 bits per heavy atom. The molecule has 0 N–H and O–H groups in total. The molecule has 0 saturated carbocycles. The molecule has 0 radical (unpaired) electrons. The highest BCUT2D eigenvalue weighted by molar-refractivity contribution is 5.89. The van der Waals surface area contributed by atoms with Gasteiger partial charge in [-0.2, -0.15) is 0 Å². The van der Waals surface area contributed by atoms with Crippen molar-refractivity contribution in [3.8, 4) is 0 Å². The number of carbonyl (C=O) groups excluding carboxylic acids is 10. The third kappa shape index (κ3) is 45.7. The Labute approximate surface area is 626 Å². The molecule has 20 nitrogen and oxygen atoms in total. The number of rotatable bonds is 53. The van der Waals surface area contributed by atoms with Gasteiger partial charge in [-0.05, 0) is 66.2 Å². The van der Waals surface area contributed by atoms with Gasteiger partial charge >= 0.3 is 29.8 Å². The summed E-state index contributed by atoms with van der Waals surface area (Å²) in [6, 6.07) is 0. The molecule has 5 amide bonds. The topological polar surface area (TPSA) is 233 Å². The highest BCUT2D eigenvalue weighted by Crippen LogP contribution is 2.25. The van der Waals surface area contributed by atoms with E-state index in [0.29, 0.717) is 104 Å². The molecule has 0 aromatic carbocycles. The first-order valence-electron chi connectivity index (χ1n) is 42.2. The molecule has 0 spiro atoms. The van der Waals surface area contributed by atoms with Crippen LogP contribution in [0.25, 0.3) is 0 Å². The van der Waals surface area contributed by atoms with Crippen molar-refractivity contribution in [3.63, 3.8) is 0 Å². The van der Waals surface area contributed by atoms with Gasteiger partial charge in [0.2, 0.25) is 29.5 Å². The summed E-state index contributed by atoms with van der Waals surface area (Å²) < 4.78 is 25.3. The summed E-state index contributed by atoms with van der Waals surface area (Å²) >= 11 is 0. The van der Waals surface area contributed by atoms with Gasteiger partial charge < -0.3 is 48.2 Å². The van der Waals surface area contributed by atoms with E-state index >= 15 is 0 Å². The zero-order chi connectivity index (χ0) is 76.1. The van der Waals surface area contributed by atoms with Crippen LogP contribution in [0.15, 0.2) is 0 Å². The number of nitrogens with zero attached hydrogens (tertiary/aromatic N) is 5. The van der Waals surface area contributed by atoms with E-state index in [2.05, 4.69) is 27.7 Å². The second-order valence-electron chi connectivity index (χ2n) is 29.2. The Morgan fingerprint density at radius 3 is 0.641 bits per heavy atom. The smallest absolute Gasteiger partial charge is 0.311 e. The Bertz CT molecular complexity index is 2270. The summed E-state index contributed by atoms with van der Waals surface area (Å²) in [6.07, 6.45) is 49.6. The molecule has 5 atom stereocenters. The minimum atomic E-state index is -0.246. The maximum absolute atomic E-state index is 12.0. The van der Waals surface area contributed by atoms with E-state index in [-0.39, 0.29) is 89.0 Å². The fourth-order valence-corrected chi connectivity index (χ4v) is 13.6. The first-order chi connectivity index (χ1) is 49.9. The zero-order valence-electron chi connectivity index (χ0n) is 67.3. The lowest BCUT2D eigenvalue weighted by Gasteiger charge is -2.16. The molecule has 0 aromatic rings. The number of hydrogen-bond acceptors (Lipinski definition) is 15. The van der Waals surface area contributed by atoms with Crippen molar-refractivity contribution in [2.45, 2.75) is 345 Å². The van der Waals surface area contributed by atoms with Crippen LogP contribution in [0.1, 0.15) is 345 Å². The van der Waals surface area contributed by atoms with Gasteiger partial charge in [-0.15, -0.1) is 0 Å². The van der Waals surface area contributed by atoms with Crippen LogP contribution in [0.2, 0.25) is 0 Å². The summed E-state index contributed by atoms with van der Waals surface area (Å²) in [4.78, 5) is 126. The van der Waals surface area contributed by atoms with E-state index in [0.717, 1.165) is 77.5 Å². The van der Waals surface area contributed by atoms with Crippen molar-refractivity contribution in [2.24, 2.45) is 29.6 Å². The van der Waals surface area contributed by atoms with Gasteiger partial charge in [-0.1, -0.05) is 247 Å². The average Bonchev–Trinajstić information content (AvgIpc) is 1.77. The lowest BCUT2D eigenvalue weighted by Crippen LogP contribution is -2.27. The Kier molecular flexibility index (Phi) is 59.4. The lowest BCUT2D eigenvalue weighted by atomic mass is 10.0. The SMILES string of the molecule is CCCCCCCCCCCCCCCCN1CC(C(=O)OCC)CC1=O.CCCCCCCCCCCCN1CC(C(=O)OCC)CC1=O.CCCCCCCCCCCN1CC(C(=O)OCC)CC1=O.CCCCOC(=O)C1CC(=O)N(CC)C1.CCCCOC(=O)C1CC(=O)N(CCC)C1. The summed E-state index contributed by atoms with van der Waals surface area (Å²) in [5.74, 6) is -1.81. The summed E-state index contributed by atoms with van der Waals surface area (Å²) in [7, 11) is 0. The van der Waals surface area contributed by atoms with Crippen LogP contribution < -0.4 is 0 Å². The van der Waals surface area contributed by atoms with Crippen molar-refractivity contribution >= 4 is 59.4 Å². The maximum atomic E-state index is 12.0. The molecule has 20 heteroatoms. The van der Waals surface area contributed by atoms with Gasteiger partial charge in [0.05, 0.1) is 62.6 Å². The molecule has 5 unspecified atom stereocenters. The van der Waals surface area contributed by atoms with E-state index in [4.69, 9.17) is 23.7 Å². The van der Waals surface area contributed by atoms with Gasteiger partial charge in [0.25, 0.3) is 0 Å². The van der Waals surface area contributed by atoms with E-state index in [1.54, 1.807) is 30.6 Å². The van der Waals surface area contributed by atoms with Crippen molar-refractivity contribution < 1.29 is 71.6 Å². The van der Waals surface area contributed by atoms with Gasteiger partial charge in [-0.25, -0.2) is 0 Å². The van der Waals surface area contributed by atoms with E-state index < -0.39 is 0 Å². The van der Waals surface area contributed by atoms with Gasteiger partial charge in [0.1, 0.15) is 0 Å². The highest BCUT2D eigenvalue weighted by Gasteiger charge is 2.39. The van der Waals surface area contributed by atoms with Crippen LogP contribution in [0.5, 0.6) is 0 Å². The molecular formula is C83H151N5O15. The third-order valence-corrected chi connectivity index (χ3v) is 20.1. The lowest BCUT2D eigenvalue weighted by molar-refractivity contribution is -0.149. The number of hydrogen-bond donors (Lipinski definition) is 0. The number of likely N-dealkylation sites (tertiary alicyclic amines) is 5. The number of ether oxygens (including phenoxy) is 5. The van der Waals surface area contributed by atoms with E-state index in [1.807, 2.05) is 35.5 Å². The molecule has 5 aliphatic rings. The predicted molar refractivity (Wildman–Crippen MR) is 410 cm³/mol. The molecule has 5 aliphatic heterocycles. The third-order valence-electron chi connectivity index (χ3n) is 20.1. The normalized spacial score (nSPS) is 18.4. The van der Waals surface area contributed by atoms with Gasteiger partial charge in [0.15, 0.2) is 0 Å². The zero-order valence-corrected chi connectivity index (χ0v) is 67.3. The van der Waals surface area contributed by atoms with Crippen LogP contribution in [-0.2, 0) is 71.6 Å².